The van der Waals surface area contributed by atoms with Crippen molar-refractivity contribution in [2.24, 2.45) is 4.99 Å². The van der Waals surface area contributed by atoms with E-state index in [2.05, 4.69) is 9.98 Å². The maximum absolute atomic E-state index is 13.3. The van der Waals surface area contributed by atoms with Gasteiger partial charge in [0.2, 0.25) is 0 Å². The maximum Gasteiger partial charge on any atom is 0.198 e. The van der Waals surface area contributed by atoms with Gasteiger partial charge in [0.25, 0.3) is 0 Å². The lowest BCUT2D eigenvalue weighted by Gasteiger charge is -1.97. The van der Waals surface area contributed by atoms with Gasteiger partial charge >= 0.3 is 0 Å². The van der Waals surface area contributed by atoms with Crippen LogP contribution in [0.1, 0.15) is 5.56 Å². The molecule has 21 heavy (non-hydrogen) atoms. The highest BCUT2D eigenvalue weighted by Gasteiger charge is 2.09. The molecule has 0 aliphatic heterocycles. The van der Waals surface area contributed by atoms with Crippen LogP contribution in [0.25, 0.3) is 10.9 Å². The van der Waals surface area contributed by atoms with E-state index in [4.69, 9.17) is 23.2 Å². The Balaban J connectivity index is 2.06. The number of aromatic amines is 1. The minimum absolute atomic E-state index is 0.0764. The molecule has 0 atom stereocenters. The predicted molar refractivity (Wildman–Crippen MR) is 83.6 cm³/mol. The Hall–Kier alpha value is -2.04. The van der Waals surface area contributed by atoms with Crippen LogP contribution in [0, 0.1) is 5.82 Å². The fourth-order valence-electron chi connectivity index (χ4n) is 2.05. The van der Waals surface area contributed by atoms with Crippen LogP contribution in [0.4, 0.5) is 10.1 Å². The highest BCUT2D eigenvalue weighted by atomic mass is 35.5. The molecule has 0 radical (unpaired) electrons. The van der Waals surface area contributed by atoms with Gasteiger partial charge in [0.1, 0.15) is 5.82 Å². The minimum Gasteiger partial charge on any atom is -0.494 e. The van der Waals surface area contributed by atoms with Crippen molar-refractivity contribution in [1.82, 2.24) is 4.98 Å². The second kappa shape index (κ2) is 5.39. The molecule has 0 saturated heterocycles. The molecular formula is C15H9Cl2FN2O. The van der Waals surface area contributed by atoms with Crippen molar-refractivity contribution in [1.29, 1.82) is 0 Å². The van der Waals surface area contributed by atoms with Gasteiger partial charge in [-0.2, -0.15) is 0 Å². The first-order valence-electron chi connectivity index (χ1n) is 6.03. The van der Waals surface area contributed by atoms with Crippen LogP contribution in [0.5, 0.6) is 5.88 Å². The monoisotopic (exact) mass is 322 g/mol. The Morgan fingerprint density at radius 1 is 1.10 bits per heavy atom. The fraction of sp³-hybridized carbons (Fsp3) is 0. The van der Waals surface area contributed by atoms with Crippen LogP contribution >= 0.6 is 23.2 Å². The van der Waals surface area contributed by atoms with Gasteiger partial charge in [0, 0.05) is 27.2 Å². The zero-order chi connectivity index (χ0) is 15.0. The third-order valence-electron chi connectivity index (χ3n) is 2.97. The van der Waals surface area contributed by atoms with Crippen LogP contribution < -0.4 is 0 Å². The zero-order valence-corrected chi connectivity index (χ0v) is 12.1. The third-order valence-corrected chi connectivity index (χ3v) is 3.41. The molecule has 0 unspecified atom stereocenters. The first-order chi connectivity index (χ1) is 10.0. The summed E-state index contributed by atoms with van der Waals surface area (Å²) in [5.41, 5.74) is 1.57. The molecule has 3 nitrogen and oxygen atoms in total. The fourth-order valence-corrected chi connectivity index (χ4v) is 2.57. The Morgan fingerprint density at radius 3 is 2.52 bits per heavy atom. The summed E-state index contributed by atoms with van der Waals surface area (Å²) in [5, 5.41) is 11.4. The van der Waals surface area contributed by atoms with E-state index in [-0.39, 0.29) is 11.7 Å². The van der Waals surface area contributed by atoms with E-state index in [0.29, 0.717) is 32.2 Å². The standard InChI is InChI=1S/C15H9Cl2FN2O/c16-8-3-9(17)5-11(4-8)19-7-13-12-6-10(18)1-2-14(12)20-15(13)21/h1-7,20-21H. The van der Waals surface area contributed by atoms with Crippen molar-refractivity contribution in [2.45, 2.75) is 0 Å². The van der Waals surface area contributed by atoms with E-state index in [0.717, 1.165) is 0 Å². The SMILES string of the molecule is Oc1[nH]c2ccc(F)cc2c1C=Nc1cc(Cl)cc(Cl)c1. The molecule has 3 rings (SSSR count). The van der Waals surface area contributed by atoms with Gasteiger partial charge in [-0.05, 0) is 36.4 Å². The number of aromatic hydroxyl groups is 1. The maximum atomic E-state index is 13.3. The van der Waals surface area contributed by atoms with Crippen molar-refractivity contribution >= 4 is 46.0 Å². The molecule has 2 N–H and O–H groups in total. The van der Waals surface area contributed by atoms with E-state index in [1.165, 1.54) is 18.3 Å². The third kappa shape index (κ3) is 2.86. The van der Waals surface area contributed by atoms with Crippen LogP contribution in [-0.4, -0.2) is 16.3 Å². The molecule has 1 heterocycles. The summed E-state index contributed by atoms with van der Waals surface area (Å²) in [4.78, 5) is 6.97. The van der Waals surface area contributed by atoms with E-state index >= 15 is 0 Å². The number of benzene rings is 2. The molecule has 0 spiro atoms. The largest absolute Gasteiger partial charge is 0.494 e. The summed E-state index contributed by atoms with van der Waals surface area (Å²) in [6.45, 7) is 0. The zero-order valence-electron chi connectivity index (χ0n) is 10.6. The molecule has 3 aromatic rings. The van der Waals surface area contributed by atoms with E-state index < -0.39 is 0 Å². The van der Waals surface area contributed by atoms with Crippen LogP contribution in [0.2, 0.25) is 10.0 Å². The molecule has 0 saturated carbocycles. The van der Waals surface area contributed by atoms with Crippen molar-refractivity contribution in [3.63, 3.8) is 0 Å². The van der Waals surface area contributed by atoms with Crippen molar-refractivity contribution in [3.05, 3.63) is 57.8 Å². The quantitative estimate of drug-likeness (QED) is 0.636. The van der Waals surface area contributed by atoms with Gasteiger partial charge in [0.05, 0.1) is 11.3 Å². The Labute approximate surface area is 129 Å². The minimum atomic E-state index is -0.387. The number of halogens is 3. The topological polar surface area (TPSA) is 48.4 Å². The number of rotatable bonds is 2. The highest BCUT2D eigenvalue weighted by molar-refractivity contribution is 6.35. The van der Waals surface area contributed by atoms with Gasteiger partial charge in [-0.1, -0.05) is 23.2 Å². The van der Waals surface area contributed by atoms with Gasteiger partial charge in [-0.15, -0.1) is 0 Å². The molecule has 0 fully saturated rings. The van der Waals surface area contributed by atoms with E-state index in [1.54, 1.807) is 24.3 Å². The number of aromatic nitrogens is 1. The van der Waals surface area contributed by atoms with Gasteiger partial charge in [-0.3, -0.25) is 4.99 Å². The number of nitrogens with zero attached hydrogens (tertiary/aromatic N) is 1. The number of hydrogen-bond donors (Lipinski definition) is 2. The number of H-pyrrole nitrogens is 1. The average molecular weight is 323 g/mol. The normalized spacial score (nSPS) is 11.6. The molecule has 0 aliphatic carbocycles. The predicted octanol–water partition coefficient (Wildman–Crippen LogP) is 5.07. The second-order valence-electron chi connectivity index (χ2n) is 4.46. The molecule has 0 bridgehead atoms. The Morgan fingerprint density at radius 2 is 1.81 bits per heavy atom. The second-order valence-corrected chi connectivity index (χ2v) is 5.34. The number of nitrogens with one attached hydrogen (secondary N) is 1. The summed E-state index contributed by atoms with van der Waals surface area (Å²) < 4.78 is 13.3. The molecule has 1 aromatic heterocycles. The van der Waals surface area contributed by atoms with Crippen LogP contribution in [0.3, 0.4) is 0 Å². The van der Waals surface area contributed by atoms with Crippen molar-refractivity contribution < 1.29 is 9.50 Å². The number of fused-ring (bicyclic) bond motifs is 1. The van der Waals surface area contributed by atoms with Crippen LogP contribution in [0.15, 0.2) is 41.4 Å². The Bertz CT molecular complexity index is 838. The Kier molecular flexibility index (Phi) is 3.57. The molecular weight excluding hydrogens is 314 g/mol. The average Bonchev–Trinajstić information content (AvgIpc) is 2.70. The first kappa shape index (κ1) is 13.9. The lowest BCUT2D eigenvalue weighted by Crippen LogP contribution is -1.80. The summed E-state index contributed by atoms with van der Waals surface area (Å²) in [7, 11) is 0. The lowest BCUT2D eigenvalue weighted by atomic mass is 10.2. The first-order valence-corrected chi connectivity index (χ1v) is 6.79. The van der Waals surface area contributed by atoms with Crippen LogP contribution in [-0.2, 0) is 0 Å². The summed E-state index contributed by atoms with van der Waals surface area (Å²) in [6, 6.07) is 9.07. The van der Waals surface area contributed by atoms with Gasteiger partial charge in [0.15, 0.2) is 5.88 Å². The van der Waals surface area contributed by atoms with Crippen molar-refractivity contribution in [3.8, 4) is 5.88 Å². The smallest absolute Gasteiger partial charge is 0.198 e. The molecule has 0 amide bonds. The van der Waals surface area contributed by atoms with E-state index in [9.17, 15) is 9.50 Å². The molecule has 6 heteroatoms. The molecule has 0 aliphatic rings. The highest BCUT2D eigenvalue weighted by Crippen LogP contribution is 2.28. The summed E-state index contributed by atoms with van der Waals surface area (Å²) >= 11 is 11.8. The summed E-state index contributed by atoms with van der Waals surface area (Å²) in [6.07, 6.45) is 1.44. The molecule has 2 aromatic carbocycles. The summed E-state index contributed by atoms with van der Waals surface area (Å²) in [5.74, 6) is -0.463. The number of aliphatic imine (C=N–C) groups is 1. The van der Waals surface area contributed by atoms with Gasteiger partial charge in [-0.25, -0.2) is 4.39 Å². The van der Waals surface area contributed by atoms with Gasteiger partial charge < -0.3 is 10.1 Å². The molecule has 106 valence electrons. The van der Waals surface area contributed by atoms with Crippen molar-refractivity contribution in [2.75, 3.05) is 0 Å². The van der Waals surface area contributed by atoms with E-state index in [1.807, 2.05) is 0 Å². The number of hydrogen-bond acceptors (Lipinski definition) is 2. The lowest BCUT2D eigenvalue weighted by molar-refractivity contribution is 0.457.